The number of aromatic nitrogens is 1. The first kappa shape index (κ1) is 13.4. The molecule has 0 saturated heterocycles. The van der Waals surface area contributed by atoms with Crippen LogP contribution in [0.1, 0.15) is 15.9 Å². The van der Waals surface area contributed by atoms with Gasteiger partial charge in [0.05, 0.1) is 19.2 Å². The summed E-state index contributed by atoms with van der Waals surface area (Å²) in [4.78, 5) is 16.4. The van der Waals surface area contributed by atoms with Crippen molar-refractivity contribution in [1.29, 1.82) is 0 Å². The molecule has 1 heterocycles. The Morgan fingerprint density at radius 3 is 2.32 bits per heavy atom. The van der Waals surface area contributed by atoms with Crippen molar-refractivity contribution >= 4 is 17.4 Å². The van der Waals surface area contributed by atoms with E-state index in [-0.39, 0.29) is 5.78 Å². The van der Waals surface area contributed by atoms with Gasteiger partial charge >= 0.3 is 0 Å². The summed E-state index contributed by atoms with van der Waals surface area (Å²) in [5.41, 5.74) is 0.708. The molecule has 0 aliphatic carbocycles. The minimum absolute atomic E-state index is 0.262. The maximum Gasteiger partial charge on any atom is 0.202 e. The minimum Gasteiger partial charge on any atom is -0.496 e. The lowest BCUT2D eigenvalue weighted by Crippen LogP contribution is -2.07. The van der Waals surface area contributed by atoms with Crippen LogP contribution in [-0.4, -0.2) is 25.0 Å². The zero-order valence-corrected chi connectivity index (χ0v) is 11.3. The van der Waals surface area contributed by atoms with Crippen LogP contribution in [0.5, 0.6) is 11.5 Å². The number of hydrogen-bond acceptors (Lipinski definition) is 4. The molecule has 0 aliphatic heterocycles. The van der Waals surface area contributed by atoms with Gasteiger partial charge in [-0.2, -0.15) is 0 Å². The van der Waals surface area contributed by atoms with Crippen molar-refractivity contribution in [2.24, 2.45) is 0 Å². The topological polar surface area (TPSA) is 48.4 Å². The maximum absolute atomic E-state index is 12.6. The van der Waals surface area contributed by atoms with Gasteiger partial charge < -0.3 is 9.47 Å². The standard InChI is InChI=1S/C14H12ClNO3/c1-18-11-4-3-5-12(19-2)13(11)14(17)9-6-7-16-8-10(9)15/h3-8H,1-2H3. The number of hydrogen-bond donors (Lipinski definition) is 0. The van der Waals surface area contributed by atoms with E-state index in [9.17, 15) is 4.79 Å². The van der Waals surface area contributed by atoms with Crippen LogP contribution < -0.4 is 9.47 Å². The number of ketones is 1. The van der Waals surface area contributed by atoms with Crippen LogP contribution >= 0.6 is 11.6 Å². The Morgan fingerprint density at radius 2 is 1.79 bits per heavy atom. The molecule has 4 nitrogen and oxygen atoms in total. The van der Waals surface area contributed by atoms with Gasteiger partial charge in [0.15, 0.2) is 0 Å². The van der Waals surface area contributed by atoms with Crippen molar-refractivity contribution in [3.05, 3.63) is 52.8 Å². The third kappa shape index (κ3) is 2.53. The lowest BCUT2D eigenvalue weighted by Gasteiger charge is -2.12. The molecule has 0 saturated carbocycles. The monoisotopic (exact) mass is 277 g/mol. The quantitative estimate of drug-likeness (QED) is 0.806. The molecule has 0 fully saturated rings. The first-order chi connectivity index (χ1) is 9.19. The maximum atomic E-state index is 12.6. The summed E-state index contributed by atoms with van der Waals surface area (Å²) in [6.07, 6.45) is 2.94. The Morgan fingerprint density at radius 1 is 1.16 bits per heavy atom. The van der Waals surface area contributed by atoms with E-state index in [0.29, 0.717) is 27.6 Å². The third-order valence-corrected chi connectivity index (χ3v) is 2.97. The SMILES string of the molecule is COc1cccc(OC)c1C(=O)c1ccncc1Cl. The molecule has 1 aromatic carbocycles. The number of carbonyl (C=O) groups excluding carboxylic acids is 1. The summed E-state index contributed by atoms with van der Waals surface area (Å²) < 4.78 is 10.4. The molecular weight excluding hydrogens is 266 g/mol. The van der Waals surface area contributed by atoms with Crippen molar-refractivity contribution in [1.82, 2.24) is 4.98 Å². The van der Waals surface area contributed by atoms with Crippen LogP contribution in [0.4, 0.5) is 0 Å². The molecule has 0 radical (unpaired) electrons. The Balaban J connectivity index is 2.58. The van der Waals surface area contributed by atoms with Crippen LogP contribution in [0.3, 0.4) is 0 Å². The largest absolute Gasteiger partial charge is 0.496 e. The molecule has 0 unspecified atom stereocenters. The molecule has 2 rings (SSSR count). The zero-order valence-electron chi connectivity index (χ0n) is 10.5. The summed E-state index contributed by atoms with van der Waals surface area (Å²) in [6, 6.07) is 6.72. The highest BCUT2D eigenvalue weighted by Crippen LogP contribution is 2.31. The van der Waals surface area contributed by atoms with Crippen LogP contribution in [0.25, 0.3) is 0 Å². The second-order valence-electron chi connectivity index (χ2n) is 3.72. The van der Waals surface area contributed by atoms with E-state index < -0.39 is 0 Å². The van der Waals surface area contributed by atoms with E-state index in [1.807, 2.05) is 0 Å². The number of nitrogens with zero attached hydrogens (tertiary/aromatic N) is 1. The number of ether oxygens (including phenoxy) is 2. The third-order valence-electron chi connectivity index (χ3n) is 2.67. The lowest BCUT2D eigenvalue weighted by molar-refractivity contribution is 0.103. The van der Waals surface area contributed by atoms with Gasteiger partial charge in [-0.1, -0.05) is 17.7 Å². The summed E-state index contributed by atoms with van der Waals surface area (Å²) >= 11 is 6.00. The molecule has 0 bridgehead atoms. The minimum atomic E-state index is -0.262. The summed E-state index contributed by atoms with van der Waals surface area (Å²) in [7, 11) is 3.00. The van der Waals surface area contributed by atoms with Gasteiger partial charge in [-0.15, -0.1) is 0 Å². The molecule has 0 atom stereocenters. The Kier molecular flexibility index (Phi) is 4.02. The van der Waals surface area contributed by atoms with Crippen molar-refractivity contribution in [3.8, 4) is 11.5 Å². The number of halogens is 1. The Hall–Kier alpha value is -2.07. The average molecular weight is 278 g/mol. The molecule has 2 aromatic rings. The van der Waals surface area contributed by atoms with Crippen LogP contribution in [0, 0.1) is 0 Å². The molecule has 19 heavy (non-hydrogen) atoms. The molecule has 5 heteroatoms. The Bertz CT molecular complexity index is 591. The zero-order chi connectivity index (χ0) is 13.8. The lowest BCUT2D eigenvalue weighted by atomic mass is 10.0. The van der Waals surface area contributed by atoms with Gasteiger partial charge in [-0.3, -0.25) is 9.78 Å². The van der Waals surface area contributed by atoms with Crippen LogP contribution in [-0.2, 0) is 0 Å². The van der Waals surface area contributed by atoms with Gasteiger partial charge in [0, 0.05) is 18.0 Å². The average Bonchev–Trinajstić information content (AvgIpc) is 2.46. The van der Waals surface area contributed by atoms with Crippen molar-refractivity contribution in [3.63, 3.8) is 0 Å². The van der Waals surface area contributed by atoms with Gasteiger partial charge in [-0.25, -0.2) is 0 Å². The van der Waals surface area contributed by atoms with E-state index in [2.05, 4.69) is 4.98 Å². The fraction of sp³-hybridized carbons (Fsp3) is 0.143. The smallest absolute Gasteiger partial charge is 0.202 e. The van der Waals surface area contributed by atoms with Crippen LogP contribution in [0.15, 0.2) is 36.7 Å². The molecule has 98 valence electrons. The fourth-order valence-corrected chi connectivity index (χ4v) is 1.97. The Labute approximate surface area is 115 Å². The van der Waals surface area contributed by atoms with Crippen molar-refractivity contribution in [2.45, 2.75) is 0 Å². The van der Waals surface area contributed by atoms with Gasteiger partial charge in [-0.05, 0) is 18.2 Å². The van der Waals surface area contributed by atoms with Crippen molar-refractivity contribution in [2.75, 3.05) is 14.2 Å². The number of rotatable bonds is 4. The second-order valence-corrected chi connectivity index (χ2v) is 4.13. The molecule has 0 N–H and O–H groups in total. The van der Waals surface area contributed by atoms with Crippen LogP contribution in [0.2, 0.25) is 5.02 Å². The first-order valence-electron chi connectivity index (χ1n) is 5.54. The number of pyridine rings is 1. The van der Waals surface area contributed by atoms with E-state index in [0.717, 1.165) is 0 Å². The van der Waals surface area contributed by atoms with Gasteiger partial charge in [0.25, 0.3) is 0 Å². The number of methoxy groups -OCH3 is 2. The van der Waals surface area contributed by atoms with E-state index in [4.69, 9.17) is 21.1 Å². The number of carbonyl (C=O) groups is 1. The highest BCUT2D eigenvalue weighted by atomic mass is 35.5. The predicted octanol–water partition coefficient (Wildman–Crippen LogP) is 2.98. The highest BCUT2D eigenvalue weighted by Gasteiger charge is 2.21. The summed E-state index contributed by atoms with van der Waals surface area (Å²) in [6.45, 7) is 0. The van der Waals surface area contributed by atoms with E-state index >= 15 is 0 Å². The number of benzene rings is 1. The molecule has 0 spiro atoms. The molecule has 0 aliphatic rings. The van der Waals surface area contributed by atoms with Gasteiger partial charge in [0.1, 0.15) is 17.1 Å². The predicted molar refractivity (Wildman–Crippen MR) is 72.2 cm³/mol. The summed E-state index contributed by atoms with van der Waals surface area (Å²) in [5, 5.41) is 0.292. The van der Waals surface area contributed by atoms with Gasteiger partial charge in [0.2, 0.25) is 5.78 Å². The van der Waals surface area contributed by atoms with E-state index in [1.54, 1.807) is 24.3 Å². The summed E-state index contributed by atoms with van der Waals surface area (Å²) in [5.74, 6) is 0.621. The molecule has 1 aromatic heterocycles. The second kappa shape index (κ2) is 5.71. The first-order valence-corrected chi connectivity index (χ1v) is 5.92. The van der Waals surface area contributed by atoms with Crippen molar-refractivity contribution < 1.29 is 14.3 Å². The molecular formula is C14H12ClNO3. The van der Waals surface area contributed by atoms with E-state index in [1.165, 1.54) is 26.6 Å². The highest BCUT2D eigenvalue weighted by molar-refractivity contribution is 6.35. The molecule has 0 amide bonds. The fourth-order valence-electron chi connectivity index (χ4n) is 1.77. The normalized spacial score (nSPS) is 10.1.